The predicted octanol–water partition coefficient (Wildman–Crippen LogP) is -2.25. The summed E-state index contributed by atoms with van der Waals surface area (Å²) in [4.78, 5) is 97.2. The number of β-lactam (4-membered cyclic amide) rings is 1. The van der Waals surface area contributed by atoms with E-state index in [1.54, 1.807) is 0 Å². The summed E-state index contributed by atoms with van der Waals surface area (Å²) >= 11 is 1.67. The third kappa shape index (κ3) is 6.41. The highest BCUT2D eigenvalue weighted by molar-refractivity contribution is 8.02. The molecule has 5 rings (SSSR count). The van der Waals surface area contributed by atoms with Crippen molar-refractivity contribution >= 4 is 69.8 Å². The van der Waals surface area contributed by atoms with Gasteiger partial charge in [-0.3, -0.25) is 19.3 Å². The molecule has 262 valence electrons. The van der Waals surface area contributed by atoms with E-state index >= 15 is 0 Å². The number of carboxylic acids is 2. The molecule has 0 saturated carbocycles. The maximum atomic E-state index is 13.3. The van der Waals surface area contributed by atoms with Crippen LogP contribution in [0.1, 0.15) is 25.2 Å². The Morgan fingerprint density at radius 2 is 1.92 bits per heavy atom. The molecule has 0 bridgehead atoms. The van der Waals surface area contributed by atoms with Gasteiger partial charge in [0.2, 0.25) is 21.8 Å². The Hall–Kier alpha value is -5.78. The zero-order chi connectivity index (χ0) is 36.0. The van der Waals surface area contributed by atoms with Crippen LogP contribution in [0.25, 0.3) is 0 Å². The van der Waals surface area contributed by atoms with E-state index in [0.29, 0.717) is 16.5 Å². The number of carbonyl (C=O) groups excluding carboxylic acids is 4. The summed E-state index contributed by atoms with van der Waals surface area (Å²) in [6.07, 6.45) is 0.731. The molecule has 2 aromatic heterocycles. The van der Waals surface area contributed by atoms with Gasteiger partial charge in [0.05, 0.1) is 31.5 Å². The number of thiazole rings is 1. The fourth-order valence-electron chi connectivity index (χ4n) is 4.81. The summed E-state index contributed by atoms with van der Waals surface area (Å²) in [5.74, 6) is -5.24. The van der Waals surface area contributed by atoms with Crippen molar-refractivity contribution in [3.8, 4) is 5.75 Å². The molecule has 3 aliphatic heterocycles. The zero-order valence-electron chi connectivity index (χ0n) is 25.3. The number of hydrogen-bond donors (Lipinski definition) is 8. The second-order valence-corrected chi connectivity index (χ2v) is 13.5. The number of fused-ring (bicyclic) bond motifs is 1. The summed E-state index contributed by atoms with van der Waals surface area (Å²) in [7, 11) is 0. The van der Waals surface area contributed by atoms with E-state index in [-0.39, 0.29) is 29.6 Å². The molecule has 24 heteroatoms. The Balaban J connectivity index is 1.26. The van der Waals surface area contributed by atoms with Gasteiger partial charge in [0.15, 0.2) is 16.6 Å². The molecule has 49 heavy (non-hydrogen) atoms. The highest BCUT2D eigenvalue weighted by Gasteiger charge is 2.66. The number of thioether (sulfide) groups is 1. The van der Waals surface area contributed by atoms with Gasteiger partial charge in [0, 0.05) is 18.0 Å². The molecule has 3 aliphatic rings. The standard InChI is InChI=1S/C25H28N10O12S2/c1-24(2,19(40)41)47-31-14(11-8-48-21(26)28-11)16(38)29-15-17(39)32-9-25(20(42)43,49-18(15)32)33-3-4-34(23(33)45)30-22(44)27-6-10-5-12(36)13(37)7-35(10)46/h5,7-8,15,18,37,46H,3-4,6,9H2,1-2H3,(H2,26,28)(H,29,38)(H,40,41)(H,42,43)(H2,27,30,44)/b31-14-/t15?,18-,25-/m1/s1. The number of aromatic nitrogens is 2. The molecule has 1 unspecified atom stereocenters. The third-order valence-electron chi connectivity index (χ3n) is 7.52. The Kier molecular flexibility index (Phi) is 8.94. The third-order valence-corrected chi connectivity index (χ3v) is 9.88. The Morgan fingerprint density at radius 1 is 1.20 bits per heavy atom. The number of hydrazine groups is 1. The van der Waals surface area contributed by atoms with Crippen LogP contribution >= 0.6 is 23.1 Å². The molecule has 0 aromatic carbocycles. The van der Waals surface area contributed by atoms with Crippen molar-refractivity contribution in [2.24, 2.45) is 5.16 Å². The minimum absolute atomic E-state index is 0.0567. The van der Waals surface area contributed by atoms with Gasteiger partial charge >= 0.3 is 24.0 Å². The lowest BCUT2D eigenvalue weighted by molar-refractivity contribution is -0.161. The molecule has 0 radical (unpaired) electrons. The molecular formula is C25H28N10O12S2. The number of nitrogen functional groups attached to an aromatic ring is 1. The molecule has 2 aromatic rings. The van der Waals surface area contributed by atoms with Crippen LogP contribution in [0.2, 0.25) is 0 Å². The van der Waals surface area contributed by atoms with Gasteiger partial charge < -0.3 is 46.6 Å². The van der Waals surface area contributed by atoms with Crippen LogP contribution in [0.15, 0.2) is 27.6 Å². The van der Waals surface area contributed by atoms with Gasteiger partial charge in [-0.05, 0) is 13.8 Å². The van der Waals surface area contributed by atoms with Gasteiger partial charge in [-0.15, -0.1) is 11.3 Å². The Bertz CT molecular complexity index is 1850. The number of oxime groups is 1. The topological polar surface area (TPSA) is 312 Å². The van der Waals surface area contributed by atoms with E-state index in [2.05, 4.69) is 26.2 Å². The molecule has 22 nitrogen and oxygen atoms in total. The first-order valence-corrected chi connectivity index (χ1v) is 15.7. The zero-order valence-corrected chi connectivity index (χ0v) is 27.0. The van der Waals surface area contributed by atoms with Crippen LogP contribution in [0.4, 0.5) is 14.7 Å². The van der Waals surface area contributed by atoms with Crippen LogP contribution < -0.4 is 27.2 Å². The lowest BCUT2D eigenvalue weighted by Gasteiger charge is -2.41. The SMILES string of the molecule is CC(C)(O/N=C(\C(=O)NC1C(=O)N2C[C@@](C(=O)O)(N3CCN(NC(=O)NCc4cc(=O)c(O)cn4O)C3=O)S[C@H]12)c1csc(N)n1)C(=O)O. The number of urea groups is 2. The van der Waals surface area contributed by atoms with Gasteiger partial charge in [0.1, 0.15) is 17.1 Å². The minimum atomic E-state index is -2.02. The lowest BCUT2D eigenvalue weighted by Crippen LogP contribution is -2.68. The quantitative estimate of drug-likeness (QED) is 0.0525. The van der Waals surface area contributed by atoms with E-state index in [4.69, 9.17) is 10.6 Å². The molecule has 3 atom stereocenters. The van der Waals surface area contributed by atoms with Crippen LogP contribution in [0.3, 0.4) is 0 Å². The largest absolute Gasteiger partial charge is 0.503 e. The van der Waals surface area contributed by atoms with Gasteiger partial charge in [0.25, 0.3) is 5.91 Å². The fourth-order valence-corrected chi connectivity index (χ4v) is 7.00. The number of carbonyl (C=O) groups is 6. The predicted molar refractivity (Wildman–Crippen MR) is 165 cm³/mol. The second kappa shape index (κ2) is 12.7. The highest BCUT2D eigenvalue weighted by Crippen LogP contribution is 2.49. The lowest BCUT2D eigenvalue weighted by atomic mass is 10.1. The van der Waals surface area contributed by atoms with E-state index in [1.807, 2.05) is 0 Å². The van der Waals surface area contributed by atoms with Crippen molar-refractivity contribution in [1.82, 2.24) is 40.6 Å². The second-order valence-electron chi connectivity index (χ2n) is 11.2. The number of aromatic hydroxyl groups is 1. The maximum absolute atomic E-state index is 13.3. The summed E-state index contributed by atoms with van der Waals surface area (Å²) < 4.78 is 0.421. The summed E-state index contributed by atoms with van der Waals surface area (Å²) in [5.41, 5.74) is 4.61. The maximum Gasteiger partial charge on any atom is 0.350 e. The first-order valence-electron chi connectivity index (χ1n) is 14.0. The van der Waals surface area contributed by atoms with Gasteiger partial charge in [-0.1, -0.05) is 16.9 Å². The van der Waals surface area contributed by atoms with Crippen molar-refractivity contribution in [3.05, 3.63) is 39.3 Å². The Labute approximate surface area is 282 Å². The minimum Gasteiger partial charge on any atom is -0.503 e. The normalized spacial score (nSPS) is 22.0. The number of hydrogen-bond acceptors (Lipinski definition) is 15. The van der Waals surface area contributed by atoms with Crippen molar-refractivity contribution in [2.45, 2.75) is 42.3 Å². The number of nitrogens with zero attached hydrogens (tertiary/aromatic N) is 6. The molecule has 9 N–H and O–H groups in total. The van der Waals surface area contributed by atoms with Crippen molar-refractivity contribution in [2.75, 3.05) is 25.4 Å². The van der Waals surface area contributed by atoms with Crippen LogP contribution in [-0.2, 0) is 30.6 Å². The number of amides is 6. The number of nitrogens with two attached hydrogens (primary N) is 1. The number of anilines is 1. The molecule has 6 amide bonds. The van der Waals surface area contributed by atoms with E-state index in [9.17, 15) is 54.1 Å². The summed E-state index contributed by atoms with van der Waals surface area (Å²) in [5, 5.41) is 48.6. The molecular weight excluding hydrogens is 696 g/mol. The van der Waals surface area contributed by atoms with Crippen molar-refractivity contribution in [1.29, 1.82) is 0 Å². The fraction of sp³-hybridized carbons (Fsp3) is 0.400. The highest BCUT2D eigenvalue weighted by atomic mass is 32.2. The monoisotopic (exact) mass is 724 g/mol. The van der Waals surface area contributed by atoms with E-state index in [1.165, 1.54) is 19.2 Å². The van der Waals surface area contributed by atoms with Crippen LogP contribution in [0.5, 0.6) is 5.75 Å². The average molecular weight is 725 g/mol. The van der Waals surface area contributed by atoms with E-state index < -0.39 is 87.7 Å². The molecule has 3 saturated heterocycles. The molecule has 0 spiro atoms. The summed E-state index contributed by atoms with van der Waals surface area (Å²) in [6.45, 7) is 1.19. The number of nitrogens with one attached hydrogen (secondary N) is 3. The molecule has 5 heterocycles. The Morgan fingerprint density at radius 3 is 2.55 bits per heavy atom. The number of carboxylic acid groups (broad SMARTS) is 2. The smallest absolute Gasteiger partial charge is 0.350 e. The molecule has 0 aliphatic carbocycles. The first kappa shape index (κ1) is 34.6. The van der Waals surface area contributed by atoms with Crippen molar-refractivity contribution < 1.29 is 54.1 Å². The van der Waals surface area contributed by atoms with E-state index in [0.717, 1.165) is 38.4 Å². The number of rotatable bonds is 11. The van der Waals surface area contributed by atoms with Crippen LogP contribution in [-0.4, -0.2) is 128 Å². The van der Waals surface area contributed by atoms with Crippen molar-refractivity contribution in [3.63, 3.8) is 0 Å². The van der Waals surface area contributed by atoms with Crippen LogP contribution in [0, 0.1) is 0 Å². The van der Waals surface area contributed by atoms with Gasteiger partial charge in [-0.2, -0.15) is 4.73 Å². The average Bonchev–Trinajstić information content (AvgIpc) is 3.73. The first-order chi connectivity index (χ1) is 22.9. The number of aliphatic carboxylic acids is 2. The number of pyridine rings is 1. The molecule has 3 fully saturated rings. The summed E-state index contributed by atoms with van der Waals surface area (Å²) in [6, 6.07) is -2.27. The van der Waals surface area contributed by atoms with Gasteiger partial charge in [-0.25, -0.2) is 34.6 Å².